The van der Waals surface area contributed by atoms with Crippen molar-refractivity contribution >= 4 is 11.8 Å². The molecule has 0 unspecified atom stereocenters. The maximum atomic E-state index is 13.0. The van der Waals surface area contributed by atoms with Gasteiger partial charge in [0.15, 0.2) is 6.10 Å². The summed E-state index contributed by atoms with van der Waals surface area (Å²) in [6.07, 6.45) is 2.39. The van der Waals surface area contributed by atoms with Crippen LogP contribution in [0.15, 0.2) is 42.0 Å². The van der Waals surface area contributed by atoms with Crippen molar-refractivity contribution in [1.29, 1.82) is 0 Å². The number of likely N-dealkylation sites (N-methyl/N-ethyl adjacent to an activating group) is 1. The first-order valence-electron chi connectivity index (χ1n) is 7.94. The topological polar surface area (TPSA) is 49.9 Å². The lowest BCUT2D eigenvalue weighted by molar-refractivity contribution is -0.167. The van der Waals surface area contributed by atoms with Gasteiger partial charge in [0, 0.05) is 20.1 Å². The zero-order valence-corrected chi connectivity index (χ0v) is 13.6. The van der Waals surface area contributed by atoms with Gasteiger partial charge in [0.2, 0.25) is 5.91 Å². The smallest absolute Gasteiger partial charge is 0.254 e. The van der Waals surface area contributed by atoms with Crippen LogP contribution in [0.5, 0.6) is 0 Å². The highest BCUT2D eigenvalue weighted by molar-refractivity contribution is 5.86. The van der Waals surface area contributed by atoms with Crippen LogP contribution < -0.4 is 0 Å². The molecule has 3 rings (SSSR count). The standard InChI is InChI=1S/C18H22N2O3/c1-13-7-6-10-20(11-13)18(22)17-16(14-8-4-3-5-9-14)19(2)15(21)12-23-17/h3-5,7-9,16-17H,6,10-12H2,1-2H3/t16-,17-/m1/s1. The van der Waals surface area contributed by atoms with Crippen molar-refractivity contribution in [2.45, 2.75) is 25.5 Å². The monoisotopic (exact) mass is 314 g/mol. The molecule has 2 aliphatic heterocycles. The second-order valence-electron chi connectivity index (χ2n) is 6.19. The summed E-state index contributed by atoms with van der Waals surface area (Å²) in [5.41, 5.74) is 2.12. The fourth-order valence-corrected chi connectivity index (χ4v) is 3.25. The Hall–Kier alpha value is -2.14. The lowest BCUT2D eigenvalue weighted by atomic mass is 9.96. The van der Waals surface area contributed by atoms with E-state index in [1.807, 2.05) is 42.2 Å². The predicted molar refractivity (Wildman–Crippen MR) is 86.6 cm³/mol. The number of carbonyl (C=O) groups is 2. The highest BCUT2D eigenvalue weighted by Crippen LogP contribution is 2.30. The Morgan fingerprint density at radius 1 is 1.26 bits per heavy atom. The molecular formula is C18H22N2O3. The lowest BCUT2D eigenvalue weighted by Crippen LogP contribution is -2.54. The quantitative estimate of drug-likeness (QED) is 0.782. The number of carbonyl (C=O) groups excluding carboxylic acids is 2. The summed E-state index contributed by atoms with van der Waals surface area (Å²) in [6.45, 7) is 3.33. The molecule has 5 nitrogen and oxygen atoms in total. The molecule has 1 aromatic carbocycles. The fourth-order valence-electron chi connectivity index (χ4n) is 3.25. The molecule has 1 fully saturated rings. The van der Waals surface area contributed by atoms with Crippen LogP contribution in [0.25, 0.3) is 0 Å². The van der Waals surface area contributed by atoms with Crippen molar-refractivity contribution in [2.24, 2.45) is 0 Å². The number of rotatable bonds is 2. The Morgan fingerprint density at radius 3 is 2.70 bits per heavy atom. The fraction of sp³-hybridized carbons (Fsp3) is 0.444. The third-order valence-corrected chi connectivity index (χ3v) is 4.51. The normalized spacial score (nSPS) is 25.3. The highest BCUT2D eigenvalue weighted by atomic mass is 16.5. The van der Waals surface area contributed by atoms with Crippen LogP contribution in [0.1, 0.15) is 24.9 Å². The first-order chi connectivity index (χ1) is 11.1. The molecule has 23 heavy (non-hydrogen) atoms. The van der Waals surface area contributed by atoms with Crippen LogP contribution in [0.2, 0.25) is 0 Å². The minimum absolute atomic E-state index is 0.0364. The van der Waals surface area contributed by atoms with Gasteiger partial charge >= 0.3 is 0 Å². The molecule has 2 amide bonds. The number of morpholine rings is 1. The summed E-state index contributed by atoms with van der Waals surface area (Å²) in [4.78, 5) is 28.5. The molecule has 0 N–H and O–H groups in total. The minimum Gasteiger partial charge on any atom is -0.356 e. The highest BCUT2D eigenvalue weighted by Gasteiger charge is 2.41. The van der Waals surface area contributed by atoms with Gasteiger partial charge in [0.05, 0.1) is 6.04 Å². The van der Waals surface area contributed by atoms with Gasteiger partial charge in [-0.1, -0.05) is 42.0 Å². The number of benzene rings is 1. The van der Waals surface area contributed by atoms with Crippen molar-refractivity contribution in [3.05, 3.63) is 47.5 Å². The molecule has 0 saturated carbocycles. The average molecular weight is 314 g/mol. The minimum atomic E-state index is -0.647. The Labute approximate surface area is 136 Å². The van der Waals surface area contributed by atoms with E-state index in [0.717, 1.165) is 12.0 Å². The molecule has 0 aromatic heterocycles. The maximum Gasteiger partial charge on any atom is 0.254 e. The molecule has 1 aromatic rings. The molecule has 5 heteroatoms. The molecule has 1 saturated heterocycles. The molecular weight excluding hydrogens is 292 g/mol. The molecule has 2 atom stereocenters. The van der Waals surface area contributed by atoms with E-state index in [1.165, 1.54) is 5.57 Å². The van der Waals surface area contributed by atoms with E-state index in [9.17, 15) is 9.59 Å². The van der Waals surface area contributed by atoms with Gasteiger partial charge < -0.3 is 14.5 Å². The zero-order chi connectivity index (χ0) is 16.4. The summed E-state index contributed by atoms with van der Waals surface area (Å²) in [5.74, 6) is -0.136. The molecule has 0 spiro atoms. The Morgan fingerprint density at radius 2 is 2.00 bits per heavy atom. The molecule has 2 aliphatic rings. The molecule has 0 aliphatic carbocycles. The Bertz CT molecular complexity index is 626. The summed E-state index contributed by atoms with van der Waals surface area (Å²) in [5, 5.41) is 0. The van der Waals surface area contributed by atoms with E-state index < -0.39 is 6.10 Å². The van der Waals surface area contributed by atoms with Crippen molar-refractivity contribution in [1.82, 2.24) is 9.80 Å². The number of ether oxygens (including phenoxy) is 1. The summed E-state index contributed by atoms with van der Waals surface area (Å²) >= 11 is 0. The number of amides is 2. The lowest BCUT2D eigenvalue weighted by Gasteiger charge is -2.40. The number of hydrogen-bond acceptors (Lipinski definition) is 3. The summed E-state index contributed by atoms with van der Waals surface area (Å²) in [6, 6.07) is 9.24. The average Bonchev–Trinajstić information content (AvgIpc) is 2.57. The third kappa shape index (κ3) is 3.15. The van der Waals surface area contributed by atoms with Crippen LogP contribution in [-0.4, -0.2) is 54.5 Å². The first-order valence-corrected chi connectivity index (χ1v) is 7.94. The van der Waals surface area contributed by atoms with E-state index in [1.54, 1.807) is 11.9 Å². The number of hydrogen-bond donors (Lipinski definition) is 0. The van der Waals surface area contributed by atoms with Crippen LogP contribution >= 0.6 is 0 Å². The van der Waals surface area contributed by atoms with Crippen LogP contribution in [-0.2, 0) is 14.3 Å². The van der Waals surface area contributed by atoms with Crippen molar-refractivity contribution in [2.75, 3.05) is 26.7 Å². The second-order valence-corrected chi connectivity index (χ2v) is 6.19. The van der Waals surface area contributed by atoms with Crippen LogP contribution in [0, 0.1) is 0 Å². The predicted octanol–water partition coefficient (Wildman–Crippen LogP) is 1.76. The van der Waals surface area contributed by atoms with Crippen molar-refractivity contribution < 1.29 is 14.3 Å². The largest absolute Gasteiger partial charge is 0.356 e. The zero-order valence-electron chi connectivity index (χ0n) is 13.6. The van der Waals surface area contributed by atoms with Crippen molar-refractivity contribution in [3.63, 3.8) is 0 Å². The van der Waals surface area contributed by atoms with E-state index >= 15 is 0 Å². The van der Waals surface area contributed by atoms with Gasteiger partial charge in [-0.15, -0.1) is 0 Å². The van der Waals surface area contributed by atoms with Gasteiger partial charge in [0.25, 0.3) is 5.91 Å². The third-order valence-electron chi connectivity index (χ3n) is 4.51. The van der Waals surface area contributed by atoms with Gasteiger partial charge in [-0.25, -0.2) is 0 Å². The van der Waals surface area contributed by atoms with E-state index in [4.69, 9.17) is 4.74 Å². The molecule has 122 valence electrons. The van der Waals surface area contributed by atoms with E-state index in [0.29, 0.717) is 13.1 Å². The van der Waals surface area contributed by atoms with Gasteiger partial charge in [-0.05, 0) is 18.9 Å². The molecule has 0 radical (unpaired) electrons. The number of nitrogens with zero attached hydrogens (tertiary/aromatic N) is 2. The van der Waals surface area contributed by atoms with Crippen molar-refractivity contribution in [3.8, 4) is 0 Å². The van der Waals surface area contributed by atoms with Gasteiger partial charge in [0.1, 0.15) is 6.61 Å². The summed E-state index contributed by atoms with van der Waals surface area (Å²) in [7, 11) is 1.74. The summed E-state index contributed by atoms with van der Waals surface area (Å²) < 4.78 is 5.68. The SMILES string of the molecule is CC1=CCCN(C(=O)[C@@H]2OCC(=O)N(C)[C@@H]2c2ccccc2)C1. The molecule has 2 heterocycles. The van der Waals surface area contributed by atoms with Crippen LogP contribution in [0.3, 0.4) is 0 Å². The second kappa shape index (κ2) is 6.54. The molecule has 0 bridgehead atoms. The first kappa shape index (κ1) is 15.7. The Kier molecular flexibility index (Phi) is 4.48. The van der Waals surface area contributed by atoms with E-state index in [-0.39, 0.29) is 24.5 Å². The van der Waals surface area contributed by atoms with Gasteiger partial charge in [-0.3, -0.25) is 9.59 Å². The van der Waals surface area contributed by atoms with Gasteiger partial charge in [-0.2, -0.15) is 0 Å². The van der Waals surface area contributed by atoms with E-state index in [2.05, 4.69) is 6.08 Å². The van der Waals surface area contributed by atoms with Crippen LogP contribution in [0.4, 0.5) is 0 Å². The maximum absolute atomic E-state index is 13.0. The Balaban J connectivity index is 1.87.